The van der Waals surface area contributed by atoms with Gasteiger partial charge in [0.1, 0.15) is 0 Å². The molecule has 2 N–H and O–H groups in total. The van der Waals surface area contributed by atoms with Crippen LogP contribution in [0.15, 0.2) is 0 Å². The molecule has 3 aliphatic rings. The molecule has 1 aliphatic carbocycles. The van der Waals surface area contributed by atoms with Gasteiger partial charge in [0.2, 0.25) is 0 Å². The van der Waals surface area contributed by atoms with Gasteiger partial charge in [-0.05, 0) is 45.1 Å². The Morgan fingerprint density at radius 2 is 1.68 bits per heavy atom. The number of hydrogen-bond acceptors (Lipinski definition) is 3. The first-order chi connectivity index (χ1) is 10.7. The van der Waals surface area contributed by atoms with Crippen LogP contribution in [0.1, 0.15) is 57.8 Å². The zero-order valence-corrected chi connectivity index (χ0v) is 13.7. The fraction of sp³-hybridized carbons (Fsp3) is 0.941. The second-order valence-corrected chi connectivity index (χ2v) is 7.32. The Morgan fingerprint density at radius 1 is 0.909 bits per heavy atom. The summed E-state index contributed by atoms with van der Waals surface area (Å²) in [6, 6.07) is 1.04. The molecule has 2 saturated heterocycles. The number of urea groups is 1. The molecular weight excluding hydrogens is 278 g/mol. The van der Waals surface area contributed by atoms with Crippen LogP contribution in [0.25, 0.3) is 0 Å². The van der Waals surface area contributed by atoms with Gasteiger partial charge < -0.3 is 15.3 Å². The van der Waals surface area contributed by atoms with Crippen molar-refractivity contribution >= 4 is 6.03 Å². The number of amides is 2. The number of nitrogens with one attached hydrogen (secondary N) is 1. The van der Waals surface area contributed by atoms with Gasteiger partial charge in [-0.2, -0.15) is 0 Å². The molecule has 0 aromatic rings. The minimum Gasteiger partial charge on any atom is -0.391 e. The lowest BCUT2D eigenvalue weighted by Gasteiger charge is -2.41. The highest BCUT2D eigenvalue weighted by atomic mass is 16.3. The van der Waals surface area contributed by atoms with E-state index in [4.69, 9.17) is 0 Å². The number of aliphatic hydroxyl groups excluding tert-OH is 1. The third kappa shape index (κ3) is 4.13. The highest BCUT2D eigenvalue weighted by molar-refractivity contribution is 5.74. The number of piperidine rings is 2. The molecule has 1 saturated carbocycles. The second kappa shape index (κ2) is 7.64. The third-order valence-electron chi connectivity index (χ3n) is 5.56. The number of aliphatic hydroxyl groups is 1. The standard InChI is InChI=1S/C17H31N3O2/c21-16-9-5-11-20(13-16)17(22)18-14-6-4-10-19(12-14)15-7-2-1-3-8-15/h14-16,21H,1-13H2,(H,18,22). The fourth-order valence-corrected chi connectivity index (χ4v) is 4.31. The molecule has 2 atom stereocenters. The highest BCUT2D eigenvalue weighted by Crippen LogP contribution is 2.25. The number of carbonyl (C=O) groups excluding carboxylic acids is 1. The third-order valence-corrected chi connectivity index (χ3v) is 5.56. The van der Waals surface area contributed by atoms with Crippen LogP contribution in [-0.2, 0) is 0 Å². The molecule has 3 rings (SSSR count). The molecule has 5 nitrogen and oxygen atoms in total. The Balaban J connectivity index is 1.48. The molecule has 2 heterocycles. The van der Waals surface area contributed by atoms with Gasteiger partial charge in [-0.15, -0.1) is 0 Å². The largest absolute Gasteiger partial charge is 0.391 e. The van der Waals surface area contributed by atoms with Crippen LogP contribution in [0, 0.1) is 0 Å². The Kier molecular flexibility index (Phi) is 5.58. The zero-order valence-electron chi connectivity index (χ0n) is 13.7. The molecule has 5 heteroatoms. The molecule has 0 radical (unpaired) electrons. The summed E-state index contributed by atoms with van der Waals surface area (Å²) in [6.45, 7) is 3.47. The molecular formula is C17H31N3O2. The van der Waals surface area contributed by atoms with Crippen molar-refractivity contribution in [1.29, 1.82) is 0 Å². The summed E-state index contributed by atoms with van der Waals surface area (Å²) in [7, 11) is 0. The number of nitrogens with zero attached hydrogens (tertiary/aromatic N) is 2. The summed E-state index contributed by atoms with van der Waals surface area (Å²) < 4.78 is 0. The molecule has 0 aromatic carbocycles. The number of rotatable bonds is 2. The summed E-state index contributed by atoms with van der Waals surface area (Å²) in [5.74, 6) is 0. The molecule has 22 heavy (non-hydrogen) atoms. The van der Waals surface area contributed by atoms with Gasteiger partial charge in [-0.25, -0.2) is 4.79 Å². The fourth-order valence-electron chi connectivity index (χ4n) is 4.31. The summed E-state index contributed by atoms with van der Waals surface area (Å²) in [4.78, 5) is 16.8. The van der Waals surface area contributed by atoms with Gasteiger partial charge >= 0.3 is 6.03 Å². The summed E-state index contributed by atoms with van der Waals surface area (Å²) >= 11 is 0. The topological polar surface area (TPSA) is 55.8 Å². The van der Waals surface area contributed by atoms with Crippen LogP contribution < -0.4 is 5.32 Å². The first-order valence-corrected chi connectivity index (χ1v) is 9.20. The SMILES string of the molecule is O=C(NC1CCCN(C2CCCCC2)C1)N1CCCC(O)C1. The van der Waals surface area contributed by atoms with Gasteiger partial charge in [-0.1, -0.05) is 19.3 Å². The van der Waals surface area contributed by atoms with Gasteiger partial charge in [0, 0.05) is 31.7 Å². The first-order valence-electron chi connectivity index (χ1n) is 9.20. The minimum absolute atomic E-state index is 0.0224. The molecule has 2 aliphatic heterocycles. The highest BCUT2D eigenvalue weighted by Gasteiger charge is 2.29. The van der Waals surface area contributed by atoms with Crippen molar-refractivity contribution in [3.8, 4) is 0 Å². The van der Waals surface area contributed by atoms with Crippen molar-refractivity contribution in [3.63, 3.8) is 0 Å². The predicted molar refractivity (Wildman–Crippen MR) is 86.8 cm³/mol. The summed E-state index contributed by atoms with van der Waals surface area (Å²) in [5.41, 5.74) is 0. The number of likely N-dealkylation sites (tertiary alicyclic amines) is 2. The monoisotopic (exact) mass is 309 g/mol. The maximum absolute atomic E-state index is 12.4. The molecule has 0 bridgehead atoms. The van der Waals surface area contributed by atoms with Crippen LogP contribution in [0.5, 0.6) is 0 Å². The summed E-state index contributed by atoms with van der Waals surface area (Å²) in [6.07, 6.45) is 10.4. The van der Waals surface area contributed by atoms with Crippen molar-refractivity contribution in [2.45, 2.75) is 76.0 Å². The van der Waals surface area contributed by atoms with E-state index in [0.717, 1.165) is 38.4 Å². The maximum Gasteiger partial charge on any atom is 0.317 e. The van der Waals surface area contributed by atoms with Crippen LogP contribution in [0.3, 0.4) is 0 Å². The van der Waals surface area contributed by atoms with E-state index in [-0.39, 0.29) is 18.2 Å². The van der Waals surface area contributed by atoms with Crippen LogP contribution in [0.4, 0.5) is 4.79 Å². The van der Waals surface area contributed by atoms with Crippen molar-refractivity contribution < 1.29 is 9.90 Å². The van der Waals surface area contributed by atoms with Gasteiger partial charge in [0.05, 0.1) is 6.10 Å². The zero-order chi connectivity index (χ0) is 15.4. The molecule has 0 spiro atoms. The van der Waals surface area contributed by atoms with E-state index in [1.54, 1.807) is 4.90 Å². The molecule has 126 valence electrons. The summed E-state index contributed by atoms with van der Waals surface area (Å²) in [5, 5.41) is 12.9. The average Bonchev–Trinajstić information content (AvgIpc) is 2.56. The van der Waals surface area contributed by atoms with E-state index in [2.05, 4.69) is 10.2 Å². The maximum atomic E-state index is 12.4. The van der Waals surface area contributed by atoms with Gasteiger partial charge in [0.15, 0.2) is 0 Å². The predicted octanol–water partition coefficient (Wildman–Crippen LogP) is 1.95. The molecule has 3 fully saturated rings. The van der Waals surface area contributed by atoms with Crippen molar-refractivity contribution in [2.75, 3.05) is 26.2 Å². The Morgan fingerprint density at radius 3 is 2.45 bits per heavy atom. The van der Waals surface area contributed by atoms with Crippen molar-refractivity contribution in [3.05, 3.63) is 0 Å². The average molecular weight is 309 g/mol. The van der Waals surface area contributed by atoms with E-state index in [9.17, 15) is 9.90 Å². The number of hydrogen-bond donors (Lipinski definition) is 2. The Hall–Kier alpha value is -0.810. The van der Waals surface area contributed by atoms with E-state index in [1.165, 1.54) is 45.1 Å². The van der Waals surface area contributed by atoms with Gasteiger partial charge in [0.25, 0.3) is 0 Å². The number of β-amino-alcohol motifs (C(OH)–C–C–N with tert-alkyl or cyclic N) is 1. The lowest BCUT2D eigenvalue weighted by Crippen LogP contribution is -2.55. The second-order valence-electron chi connectivity index (χ2n) is 7.32. The van der Waals surface area contributed by atoms with Crippen molar-refractivity contribution in [1.82, 2.24) is 15.1 Å². The van der Waals surface area contributed by atoms with E-state index >= 15 is 0 Å². The van der Waals surface area contributed by atoms with Crippen LogP contribution >= 0.6 is 0 Å². The van der Waals surface area contributed by atoms with Crippen molar-refractivity contribution in [2.24, 2.45) is 0 Å². The number of carbonyl (C=O) groups is 1. The van der Waals surface area contributed by atoms with E-state index < -0.39 is 0 Å². The first kappa shape index (κ1) is 16.1. The van der Waals surface area contributed by atoms with Crippen LogP contribution in [0.2, 0.25) is 0 Å². The minimum atomic E-state index is -0.343. The quantitative estimate of drug-likeness (QED) is 0.820. The lowest BCUT2D eigenvalue weighted by molar-refractivity contribution is 0.0778. The van der Waals surface area contributed by atoms with E-state index in [1.807, 2.05) is 0 Å². The molecule has 2 amide bonds. The normalized spacial score (nSPS) is 32.0. The van der Waals surface area contributed by atoms with Crippen LogP contribution in [-0.4, -0.2) is 65.3 Å². The smallest absolute Gasteiger partial charge is 0.317 e. The Bertz CT molecular complexity index is 371. The van der Waals surface area contributed by atoms with E-state index in [0.29, 0.717) is 6.54 Å². The lowest BCUT2D eigenvalue weighted by atomic mass is 9.92. The van der Waals surface area contributed by atoms with Gasteiger partial charge in [-0.3, -0.25) is 4.90 Å². The Labute approximate surface area is 134 Å². The molecule has 2 unspecified atom stereocenters. The molecule has 0 aromatic heterocycles.